The SMILES string of the molecule is CS(=O)(=O)c1ccc(C(=O)Nc2ccc(Cl)cc2C(=O)c2ccccc2)cc1. The molecule has 0 heterocycles. The van der Waals surface area contributed by atoms with Gasteiger partial charge < -0.3 is 5.32 Å². The van der Waals surface area contributed by atoms with Crippen molar-refractivity contribution in [2.45, 2.75) is 4.90 Å². The van der Waals surface area contributed by atoms with E-state index in [1.54, 1.807) is 42.5 Å². The van der Waals surface area contributed by atoms with Gasteiger partial charge in [0.2, 0.25) is 0 Å². The molecule has 3 aromatic rings. The molecule has 3 rings (SSSR count). The van der Waals surface area contributed by atoms with E-state index in [1.165, 1.54) is 30.3 Å². The Bertz CT molecular complexity index is 1140. The van der Waals surface area contributed by atoms with E-state index < -0.39 is 15.7 Å². The van der Waals surface area contributed by atoms with Gasteiger partial charge in [0.1, 0.15) is 0 Å². The summed E-state index contributed by atoms with van der Waals surface area (Å²) in [5.74, 6) is -0.740. The van der Waals surface area contributed by atoms with Gasteiger partial charge in [0.15, 0.2) is 15.6 Å². The molecule has 0 spiro atoms. The van der Waals surface area contributed by atoms with Crippen LogP contribution >= 0.6 is 11.6 Å². The van der Waals surface area contributed by atoms with E-state index in [-0.39, 0.29) is 21.8 Å². The highest BCUT2D eigenvalue weighted by atomic mass is 35.5. The fourth-order valence-corrected chi connectivity index (χ4v) is 3.41. The summed E-state index contributed by atoms with van der Waals surface area (Å²) in [6.07, 6.45) is 1.09. The zero-order chi connectivity index (χ0) is 20.3. The zero-order valence-electron chi connectivity index (χ0n) is 14.8. The van der Waals surface area contributed by atoms with Crippen molar-refractivity contribution < 1.29 is 18.0 Å². The first-order chi connectivity index (χ1) is 13.3. The zero-order valence-corrected chi connectivity index (χ0v) is 16.4. The lowest BCUT2D eigenvalue weighted by molar-refractivity contribution is 0.102. The third-order valence-corrected chi connectivity index (χ3v) is 5.42. The highest BCUT2D eigenvalue weighted by Crippen LogP contribution is 2.24. The lowest BCUT2D eigenvalue weighted by atomic mass is 10.0. The topological polar surface area (TPSA) is 80.3 Å². The van der Waals surface area contributed by atoms with E-state index >= 15 is 0 Å². The normalized spacial score (nSPS) is 11.1. The Morgan fingerprint density at radius 1 is 0.857 bits per heavy atom. The summed E-state index contributed by atoms with van der Waals surface area (Å²) in [6.45, 7) is 0. The van der Waals surface area contributed by atoms with Gasteiger partial charge in [0, 0.05) is 28.0 Å². The molecule has 0 atom stereocenters. The lowest BCUT2D eigenvalue weighted by Crippen LogP contribution is -2.15. The molecule has 0 aliphatic rings. The standard InChI is InChI=1S/C21H16ClNO4S/c1-28(26,27)17-10-7-15(8-11-17)21(25)23-19-12-9-16(22)13-18(19)20(24)14-5-3-2-4-6-14/h2-13H,1H3,(H,23,25). The smallest absolute Gasteiger partial charge is 0.255 e. The van der Waals surface area contributed by atoms with Crippen molar-refractivity contribution in [2.24, 2.45) is 0 Å². The Morgan fingerprint density at radius 3 is 2.11 bits per heavy atom. The maximum atomic E-state index is 12.8. The lowest BCUT2D eigenvalue weighted by Gasteiger charge is -2.11. The molecule has 5 nitrogen and oxygen atoms in total. The van der Waals surface area contributed by atoms with Gasteiger partial charge in [-0.1, -0.05) is 41.9 Å². The average Bonchev–Trinajstić information content (AvgIpc) is 2.69. The Morgan fingerprint density at radius 2 is 1.50 bits per heavy atom. The van der Waals surface area contributed by atoms with Crippen LogP contribution in [0.2, 0.25) is 5.02 Å². The van der Waals surface area contributed by atoms with Crippen LogP contribution in [-0.2, 0) is 9.84 Å². The Kier molecular flexibility index (Phi) is 5.63. The van der Waals surface area contributed by atoms with Crippen LogP contribution in [0.4, 0.5) is 5.69 Å². The third-order valence-electron chi connectivity index (χ3n) is 4.06. The molecule has 7 heteroatoms. The first-order valence-electron chi connectivity index (χ1n) is 8.26. The number of amides is 1. The number of ketones is 1. The number of hydrogen-bond acceptors (Lipinski definition) is 4. The van der Waals surface area contributed by atoms with Gasteiger partial charge in [-0.15, -0.1) is 0 Å². The molecule has 0 aromatic heterocycles. The minimum absolute atomic E-state index is 0.121. The van der Waals surface area contributed by atoms with Gasteiger partial charge in [-0.3, -0.25) is 9.59 Å². The van der Waals surface area contributed by atoms with Crippen LogP contribution in [0.5, 0.6) is 0 Å². The van der Waals surface area contributed by atoms with Gasteiger partial charge in [0.25, 0.3) is 5.91 Å². The van der Waals surface area contributed by atoms with Crippen molar-refractivity contribution in [3.8, 4) is 0 Å². The predicted molar refractivity (Wildman–Crippen MR) is 109 cm³/mol. The van der Waals surface area contributed by atoms with Crippen LogP contribution in [0.25, 0.3) is 0 Å². The summed E-state index contributed by atoms with van der Waals surface area (Å²) in [6, 6.07) is 18.9. The molecule has 1 amide bonds. The number of rotatable bonds is 5. The molecule has 1 N–H and O–H groups in total. The second-order valence-corrected chi connectivity index (χ2v) is 8.59. The molecule has 0 saturated heterocycles. The molecule has 142 valence electrons. The van der Waals surface area contributed by atoms with E-state index in [0.717, 1.165) is 6.26 Å². The number of hydrogen-bond donors (Lipinski definition) is 1. The van der Waals surface area contributed by atoms with Crippen molar-refractivity contribution >= 4 is 38.8 Å². The minimum Gasteiger partial charge on any atom is -0.321 e. The highest BCUT2D eigenvalue weighted by molar-refractivity contribution is 7.90. The van der Waals surface area contributed by atoms with E-state index in [9.17, 15) is 18.0 Å². The largest absolute Gasteiger partial charge is 0.321 e. The summed E-state index contributed by atoms with van der Waals surface area (Å²) >= 11 is 6.04. The van der Waals surface area contributed by atoms with Crippen molar-refractivity contribution in [1.82, 2.24) is 0 Å². The van der Waals surface area contributed by atoms with Crippen molar-refractivity contribution in [3.05, 3.63) is 94.5 Å². The van der Waals surface area contributed by atoms with Gasteiger partial charge in [0.05, 0.1) is 10.6 Å². The van der Waals surface area contributed by atoms with Crippen LogP contribution in [0.3, 0.4) is 0 Å². The molecular weight excluding hydrogens is 398 g/mol. The number of benzene rings is 3. The monoisotopic (exact) mass is 413 g/mol. The van der Waals surface area contributed by atoms with Crippen LogP contribution in [0.1, 0.15) is 26.3 Å². The molecule has 28 heavy (non-hydrogen) atoms. The highest BCUT2D eigenvalue weighted by Gasteiger charge is 2.17. The number of halogens is 1. The Labute approximate surface area is 167 Å². The maximum Gasteiger partial charge on any atom is 0.255 e. The van der Waals surface area contributed by atoms with Crippen LogP contribution < -0.4 is 5.32 Å². The molecule has 0 radical (unpaired) electrons. The fourth-order valence-electron chi connectivity index (χ4n) is 2.61. The van der Waals surface area contributed by atoms with Gasteiger partial charge in [-0.2, -0.15) is 0 Å². The van der Waals surface area contributed by atoms with E-state index in [1.807, 2.05) is 0 Å². The minimum atomic E-state index is -3.35. The van der Waals surface area contributed by atoms with Crippen LogP contribution in [0, 0.1) is 0 Å². The van der Waals surface area contributed by atoms with Crippen molar-refractivity contribution in [3.63, 3.8) is 0 Å². The summed E-state index contributed by atoms with van der Waals surface area (Å²) in [5.41, 5.74) is 1.31. The van der Waals surface area contributed by atoms with E-state index in [4.69, 9.17) is 11.6 Å². The van der Waals surface area contributed by atoms with Gasteiger partial charge in [-0.25, -0.2) is 8.42 Å². The number of carbonyl (C=O) groups excluding carboxylic acids is 2. The van der Waals surface area contributed by atoms with E-state index in [0.29, 0.717) is 16.3 Å². The third kappa shape index (κ3) is 4.47. The molecule has 0 aliphatic carbocycles. The molecule has 0 bridgehead atoms. The van der Waals surface area contributed by atoms with Crippen molar-refractivity contribution in [2.75, 3.05) is 11.6 Å². The summed E-state index contributed by atoms with van der Waals surface area (Å²) < 4.78 is 23.1. The molecule has 0 saturated carbocycles. The maximum absolute atomic E-state index is 12.8. The van der Waals surface area contributed by atoms with Gasteiger partial charge >= 0.3 is 0 Å². The number of nitrogens with one attached hydrogen (secondary N) is 1. The van der Waals surface area contributed by atoms with E-state index in [2.05, 4.69) is 5.32 Å². The summed E-state index contributed by atoms with van der Waals surface area (Å²) in [4.78, 5) is 25.5. The summed E-state index contributed by atoms with van der Waals surface area (Å²) in [7, 11) is -3.35. The molecule has 0 fully saturated rings. The Balaban J connectivity index is 1.90. The fraction of sp³-hybridized carbons (Fsp3) is 0.0476. The molecule has 0 aliphatic heterocycles. The number of anilines is 1. The van der Waals surface area contributed by atoms with Crippen LogP contribution in [0.15, 0.2) is 77.7 Å². The van der Waals surface area contributed by atoms with Crippen molar-refractivity contribution in [1.29, 1.82) is 0 Å². The van der Waals surface area contributed by atoms with Gasteiger partial charge in [-0.05, 0) is 42.5 Å². The molecule has 3 aromatic carbocycles. The summed E-state index contributed by atoms with van der Waals surface area (Å²) in [5, 5.41) is 3.07. The first kappa shape index (κ1) is 19.8. The second kappa shape index (κ2) is 7.96. The molecule has 0 unspecified atom stereocenters. The predicted octanol–water partition coefficient (Wildman–Crippen LogP) is 4.23. The van der Waals surface area contributed by atoms with Crippen LogP contribution in [-0.4, -0.2) is 26.4 Å². The number of sulfone groups is 1. The number of carbonyl (C=O) groups is 2. The average molecular weight is 414 g/mol. The first-order valence-corrected chi connectivity index (χ1v) is 10.5. The quantitative estimate of drug-likeness (QED) is 0.635. The molecular formula is C21H16ClNO4S. The second-order valence-electron chi connectivity index (χ2n) is 6.14. The Hall–Kier alpha value is -2.96.